The monoisotopic (exact) mass is 212 g/mol. The fourth-order valence-electron chi connectivity index (χ4n) is 2.24. The van der Waals surface area contributed by atoms with Crippen LogP contribution in [0.15, 0.2) is 0 Å². The van der Waals surface area contributed by atoms with Crippen molar-refractivity contribution in [3.05, 3.63) is 0 Å². The van der Waals surface area contributed by atoms with Gasteiger partial charge in [-0.3, -0.25) is 14.5 Å². The summed E-state index contributed by atoms with van der Waals surface area (Å²) in [5, 5.41) is 3.24. The number of carbonyl (C=O) groups excluding carboxylic acids is 2. The second-order valence-corrected chi connectivity index (χ2v) is 4.30. The molecule has 15 heavy (non-hydrogen) atoms. The molecule has 0 bridgehead atoms. The van der Waals surface area contributed by atoms with E-state index in [0.29, 0.717) is 12.5 Å². The molecule has 2 unspecified atom stereocenters. The van der Waals surface area contributed by atoms with Crippen LogP contribution in [0.2, 0.25) is 0 Å². The number of piperidine rings is 1. The Morgan fingerprint density at radius 3 is 2.53 bits per heavy atom. The number of amides is 2. The van der Waals surface area contributed by atoms with Crippen LogP contribution in [0.5, 0.6) is 0 Å². The third-order valence-electron chi connectivity index (χ3n) is 2.90. The number of morpholine rings is 1. The van der Waals surface area contributed by atoms with Gasteiger partial charge in [-0.15, -0.1) is 0 Å². The molecule has 2 heterocycles. The number of nitrogens with zero attached hydrogens (tertiary/aromatic N) is 1. The minimum absolute atomic E-state index is 0.0117. The van der Waals surface area contributed by atoms with Crippen molar-refractivity contribution in [1.82, 2.24) is 10.2 Å². The summed E-state index contributed by atoms with van der Waals surface area (Å²) in [6.07, 6.45) is 0.893. The molecule has 1 N–H and O–H groups in total. The molecule has 0 aromatic heterocycles. The Morgan fingerprint density at radius 1 is 1.27 bits per heavy atom. The van der Waals surface area contributed by atoms with Crippen molar-refractivity contribution >= 4 is 11.8 Å². The highest BCUT2D eigenvalue weighted by atomic mass is 16.5. The zero-order valence-corrected chi connectivity index (χ0v) is 8.86. The van der Waals surface area contributed by atoms with Gasteiger partial charge in [-0.2, -0.15) is 0 Å². The molecule has 2 fully saturated rings. The zero-order valence-electron chi connectivity index (χ0n) is 8.86. The first-order valence-electron chi connectivity index (χ1n) is 5.32. The number of rotatable bonds is 1. The van der Waals surface area contributed by atoms with Crippen LogP contribution in [0.25, 0.3) is 0 Å². The van der Waals surface area contributed by atoms with Gasteiger partial charge in [-0.05, 0) is 18.9 Å². The van der Waals surface area contributed by atoms with E-state index in [1.54, 1.807) is 0 Å². The molecule has 5 nitrogen and oxygen atoms in total. The standard InChI is InChI=1S/C10H16N2O3/c1-7-2-8(4-11-3-7)12-9(13)5-15-6-10(12)14/h7-8,11H,2-6H2,1H3. The Kier molecular flexibility index (Phi) is 3.02. The SMILES string of the molecule is CC1CNCC(N2C(=O)COCC2=O)C1. The summed E-state index contributed by atoms with van der Waals surface area (Å²) in [5.74, 6) is 0.103. The van der Waals surface area contributed by atoms with E-state index in [1.165, 1.54) is 4.90 Å². The topological polar surface area (TPSA) is 58.6 Å². The summed E-state index contributed by atoms with van der Waals surface area (Å²) < 4.78 is 4.88. The van der Waals surface area contributed by atoms with Crippen LogP contribution in [-0.2, 0) is 14.3 Å². The maximum Gasteiger partial charge on any atom is 0.255 e. The fraction of sp³-hybridized carbons (Fsp3) is 0.800. The molecular weight excluding hydrogens is 196 g/mol. The van der Waals surface area contributed by atoms with Crippen LogP contribution >= 0.6 is 0 Å². The lowest BCUT2D eigenvalue weighted by Crippen LogP contribution is -2.57. The molecular formula is C10H16N2O3. The quantitative estimate of drug-likeness (QED) is 0.588. The molecule has 0 aromatic rings. The zero-order chi connectivity index (χ0) is 10.8. The van der Waals surface area contributed by atoms with Crippen LogP contribution in [0.1, 0.15) is 13.3 Å². The molecule has 0 aromatic carbocycles. The Labute approximate surface area is 88.8 Å². The summed E-state index contributed by atoms with van der Waals surface area (Å²) in [5.41, 5.74) is 0. The molecule has 2 saturated heterocycles. The van der Waals surface area contributed by atoms with Crippen molar-refractivity contribution in [3.8, 4) is 0 Å². The second-order valence-electron chi connectivity index (χ2n) is 4.30. The van der Waals surface area contributed by atoms with E-state index in [-0.39, 0.29) is 31.1 Å². The van der Waals surface area contributed by atoms with Gasteiger partial charge in [0, 0.05) is 6.54 Å². The fourth-order valence-corrected chi connectivity index (χ4v) is 2.24. The third-order valence-corrected chi connectivity index (χ3v) is 2.90. The highest BCUT2D eigenvalue weighted by Crippen LogP contribution is 2.17. The third kappa shape index (κ3) is 2.18. The molecule has 0 spiro atoms. The van der Waals surface area contributed by atoms with Gasteiger partial charge in [0.05, 0.1) is 6.04 Å². The van der Waals surface area contributed by atoms with E-state index in [1.807, 2.05) is 0 Å². The predicted molar refractivity (Wildman–Crippen MR) is 53.1 cm³/mol. The van der Waals surface area contributed by atoms with Crippen molar-refractivity contribution in [2.75, 3.05) is 26.3 Å². The van der Waals surface area contributed by atoms with Crippen molar-refractivity contribution in [3.63, 3.8) is 0 Å². The van der Waals surface area contributed by atoms with Gasteiger partial charge < -0.3 is 10.1 Å². The molecule has 2 aliphatic rings. The molecule has 2 aliphatic heterocycles. The van der Waals surface area contributed by atoms with Gasteiger partial charge >= 0.3 is 0 Å². The van der Waals surface area contributed by atoms with E-state index in [9.17, 15) is 9.59 Å². The van der Waals surface area contributed by atoms with Crippen molar-refractivity contribution in [2.45, 2.75) is 19.4 Å². The predicted octanol–water partition coefficient (Wildman–Crippen LogP) is -0.630. The average molecular weight is 212 g/mol. The summed E-state index contributed by atoms with van der Waals surface area (Å²) in [6, 6.07) is 0.0117. The minimum atomic E-state index is -0.202. The second kappa shape index (κ2) is 4.28. The molecule has 0 aliphatic carbocycles. The highest BCUT2D eigenvalue weighted by Gasteiger charge is 2.35. The molecule has 84 valence electrons. The van der Waals surface area contributed by atoms with Crippen LogP contribution < -0.4 is 5.32 Å². The Bertz CT molecular complexity index is 264. The van der Waals surface area contributed by atoms with E-state index < -0.39 is 0 Å². The van der Waals surface area contributed by atoms with Crippen LogP contribution in [0, 0.1) is 5.92 Å². The lowest BCUT2D eigenvalue weighted by atomic mass is 9.96. The van der Waals surface area contributed by atoms with Gasteiger partial charge in [0.1, 0.15) is 13.2 Å². The lowest BCUT2D eigenvalue weighted by molar-refractivity contribution is -0.162. The van der Waals surface area contributed by atoms with Crippen molar-refractivity contribution in [1.29, 1.82) is 0 Å². The van der Waals surface area contributed by atoms with E-state index >= 15 is 0 Å². The number of hydrogen-bond acceptors (Lipinski definition) is 4. The Morgan fingerprint density at radius 2 is 1.93 bits per heavy atom. The average Bonchev–Trinajstić information content (AvgIpc) is 2.17. The molecule has 2 amide bonds. The normalized spacial score (nSPS) is 33.3. The van der Waals surface area contributed by atoms with Crippen LogP contribution in [0.3, 0.4) is 0 Å². The number of carbonyl (C=O) groups is 2. The first-order valence-corrected chi connectivity index (χ1v) is 5.32. The Balaban J connectivity index is 2.06. The largest absolute Gasteiger partial charge is 0.362 e. The summed E-state index contributed by atoms with van der Waals surface area (Å²) in [7, 11) is 0. The van der Waals surface area contributed by atoms with Crippen molar-refractivity contribution in [2.24, 2.45) is 5.92 Å². The molecule has 5 heteroatoms. The van der Waals surface area contributed by atoms with E-state index in [4.69, 9.17) is 4.74 Å². The van der Waals surface area contributed by atoms with Gasteiger partial charge in [0.25, 0.3) is 11.8 Å². The van der Waals surface area contributed by atoms with Crippen LogP contribution in [-0.4, -0.2) is 49.1 Å². The number of imide groups is 1. The van der Waals surface area contributed by atoms with Gasteiger partial charge in [0.2, 0.25) is 0 Å². The molecule has 2 rings (SSSR count). The Hall–Kier alpha value is -0.940. The maximum absolute atomic E-state index is 11.6. The number of hydrogen-bond donors (Lipinski definition) is 1. The number of ether oxygens (including phenoxy) is 1. The van der Waals surface area contributed by atoms with Crippen molar-refractivity contribution < 1.29 is 14.3 Å². The molecule has 0 radical (unpaired) electrons. The smallest absolute Gasteiger partial charge is 0.255 e. The summed E-state index contributed by atoms with van der Waals surface area (Å²) in [6.45, 7) is 3.87. The summed E-state index contributed by atoms with van der Waals surface area (Å²) >= 11 is 0. The first-order chi connectivity index (χ1) is 7.18. The van der Waals surface area contributed by atoms with Gasteiger partial charge in [-0.1, -0.05) is 6.92 Å². The molecule has 2 atom stereocenters. The van der Waals surface area contributed by atoms with Crippen LogP contribution in [0.4, 0.5) is 0 Å². The number of nitrogens with one attached hydrogen (secondary N) is 1. The van der Waals surface area contributed by atoms with E-state index in [2.05, 4.69) is 12.2 Å². The maximum atomic E-state index is 11.6. The first kappa shape index (κ1) is 10.6. The van der Waals surface area contributed by atoms with Gasteiger partial charge in [-0.25, -0.2) is 0 Å². The van der Waals surface area contributed by atoms with E-state index in [0.717, 1.165) is 13.0 Å². The van der Waals surface area contributed by atoms with Gasteiger partial charge in [0.15, 0.2) is 0 Å². The highest BCUT2D eigenvalue weighted by molar-refractivity contribution is 5.98. The summed E-state index contributed by atoms with van der Waals surface area (Å²) in [4.78, 5) is 24.5. The molecule has 0 saturated carbocycles. The minimum Gasteiger partial charge on any atom is -0.362 e. The lowest BCUT2D eigenvalue weighted by Gasteiger charge is -2.37.